The van der Waals surface area contributed by atoms with Crippen LogP contribution in [0.15, 0.2) is 36.8 Å². The zero-order chi connectivity index (χ0) is 15.9. The van der Waals surface area contributed by atoms with E-state index in [1.807, 2.05) is 39.9 Å². The molecule has 0 fully saturated rings. The van der Waals surface area contributed by atoms with Gasteiger partial charge in [0.2, 0.25) is 5.91 Å². The van der Waals surface area contributed by atoms with E-state index in [2.05, 4.69) is 25.8 Å². The van der Waals surface area contributed by atoms with Gasteiger partial charge >= 0.3 is 0 Å². The Bertz CT molecular complexity index is 685. The number of fused-ring (bicyclic) bond motifs is 1. The Labute approximate surface area is 135 Å². The first kappa shape index (κ1) is 15.1. The molecule has 0 N–H and O–H groups in total. The Kier molecular flexibility index (Phi) is 3.73. The molecule has 3 rings (SSSR count). The number of hydrogen-bond acceptors (Lipinski definition) is 2. The van der Waals surface area contributed by atoms with Gasteiger partial charge < -0.3 is 9.47 Å². The number of nitrogens with zero attached hydrogens (tertiary/aromatic N) is 3. The lowest BCUT2D eigenvalue weighted by molar-refractivity contribution is -0.141. The summed E-state index contributed by atoms with van der Waals surface area (Å²) in [7, 11) is 0. The van der Waals surface area contributed by atoms with E-state index in [-0.39, 0.29) is 17.4 Å². The molecule has 5 heteroatoms. The molecular weight excluding hydrogens is 298 g/mol. The predicted octanol–water partition coefficient (Wildman–Crippen LogP) is 3.67. The number of hydrogen-bond donors (Lipinski definition) is 0. The summed E-state index contributed by atoms with van der Waals surface area (Å²) in [6.45, 7) is 7.45. The summed E-state index contributed by atoms with van der Waals surface area (Å²) in [6, 6.07) is 7.43. The average molecular weight is 318 g/mol. The molecule has 1 unspecified atom stereocenters. The fourth-order valence-corrected chi connectivity index (χ4v) is 3.11. The van der Waals surface area contributed by atoms with E-state index in [1.165, 1.54) is 0 Å². The fourth-order valence-electron chi connectivity index (χ4n) is 2.98. The largest absolute Gasteiger partial charge is 0.331 e. The van der Waals surface area contributed by atoms with Gasteiger partial charge in [-0.05, 0) is 23.1 Å². The Balaban J connectivity index is 1.91. The van der Waals surface area contributed by atoms with Crippen molar-refractivity contribution in [3.63, 3.8) is 0 Å². The molecule has 2 aromatic rings. The molecule has 1 aromatic carbocycles. The third kappa shape index (κ3) is 2.75. The first-order chi connectivity index (χ1) is 10.4. The number of carbonyl (C=O) groups excluding carboxylic acids is 1. The standard InChI is InChI=1S/C17H20ClN3O/c1-17(2,3)15-16(22)20(10-14-8-19-11-21(14)15)9-12-4-6-13(18)7-5-12/h4-8,11,15H,9-10H2,1-3H3. The highest BCUT2D eigenvalue weighted by molar-refractivity contribution is 6.30. The number of carbonyl (C=O) groups is 1. The van der Waals surface area contributed by atoms with Crippen molar-refractivity contribution in [2.45, 2.75) is 39.9 Å². The highest BCUT2D eigenvalue weighted by Crippen LogP contribution is 2.36. The zero-order valence-electron chi connectivity index (χ0n) is 13.1. The summed E-state index contributed by atoms with van der Waals surface area (Å²) in [5.41, 5.74) is 2.00. The highest BCUT2D eigenvalue weighted by Gasteiger charge is 2.40. The molecule has 0 saturated carbocycles. The molecule has 22 heavy (non-hydrogen) atoms. The quantitative estimate of drug-likeness (QED) is 0.847. The van der Waals surface area contributed by atoms with Gasteiger partial charge in [0, 0.05) is 17.8 Å². The van der Waals surface area contributed by atoms with Crippen LogP contribution in [0.2, 0.25) is 5.02 Å². The molecule has 0 radical (unpaired) electrons. The van der Waals surface area contributed by atoms with Crippen molar-refractivity contribution in [2.75, 3.05) is 0 Å². The second-order valence-electron chi connectivity index (χ2n) is 6.88. The average Bonchev–Trinajstić information content (AvgIpc) is 2.88. The van der Waals surface area contributed by atoms with Crippen LogP contribution in [0.5, 0.6) is 0 Å². The number of rotatable bonds is 2. The fraction of sp³-hybridized carbons (Fsp3) is 0.412. The molecule has 1 aliphatic heterocycles. The van der Waals surface area contributed by atoms with Crippen LogP contribution in [-0.4, -0.2) is 20.4 Å². The van der Waals surface area contributed by atoms with Crippen LogP contribution in [0.3, 0.4) is 0 Å². The Morgan fingerprint density at radius 2 is 1.95 bits per heavy atom. The van der Waals surface area contributed by atoms with E-state index in [0.29, 0.717) is 18.1 Å². The zero-order valence-corrected chi connectivity index (χ0v) is 13.8. The Morgan fingerprint density at radius 3 is 2.59 bits per heavy atom. The number of imidazole rings is 1. The lowest BCUT2D eigenvalue weighted by Gasteiger charge is -2.40. The third-order valence-corrected chi connectivity index (χ3v) is 4.28. The normalized spacial score (nSPS) is 18.5. The smallest absolute Gasteiger partial charge is 0.246 e. The van der Waals surface area contributed by atoms with Crippen molar-refractivity contribution in [3.8, 4) is 0 Å². The summed E-state index contributed by atoms with van der Waals surface area (Å²) in [4.78, 5) is 19.1. The number of halogens is 1. The van der Waals surface area contributed by atoms with Gasteiger partial charge in [0.15, 0.2) is 0 Å². The minimum Gasteiger partial charge on any atom is -0.331 e. The second-order valence-corrected chi connectivity index (χ2v) is 7.32. The van der Waals surface area contributed by atoms with Crippen LogP contribution in [0.4, 0.5) is 0 Å². The summed E-state index contributed by atoms with van der Waals surface area (Å²) in [6.07, 6.45) is 3.61. The predicted molar refractivity (Wildman–Crippen MR) is 86.4 cm³/mol. The van der Waals surface area contributed by atoms with Crippen molar-refractivity contribution in [2.24, 2.45) is 5.41 Å². The van der Waals surface area contributed by atoms with Gasteiger partial charge in [-0.3, -0.25) is 4.79 Å². The van der Waals surface area contributed by atoms with Gasteiger partial charge in [0.05, 0.1) is 18.6 Å². The van der Waals surface area contributed by atoms with Gasteiger partial charge in [-0.25, -0.2) is 4.98 Å². The molecule has 2 heterocycles. The summed E-state index contributed by atoms with van der Waals surface area (Å²) >= 11 is 5.93. The second kappa shape index (κ2) is 5.43. The lowest BCUT2D eigenvalue weighted by Crippen LogP contribution is -2.46. The van der Waals surface area contributed by atoms with Crippen LogP contribution in [0, 0.1) is 5.41 Å². The Morgan fingerprint density at radius 1 is 1.27 bits per heavy atom. The molecular formula is C17H20ClN3O. The SMILES string of the molecule is CC(C)(C)C1C(=O)N(Cc2ccc(Cl)cc2)Cc2cncn21. The van der Waals surface area contributed by atoms with Crippen molar-refractivity contribution >= 4 is 17.5 Å². The van der Waals surface area contributed by atoms with Gasteiger partial charge in [0.1, 0.15) is 6.04 Å². The first-order valence-corrected chi connectivity index (χ1v) is 7.78. The maximum Gasteiger partial charge on any atom is 0.246 e. The molecule has 1 amide bonds. The van der Waals surface area contributed by atoms with E-state index in [4.69, 9.17) is 11.6 Å². The maximum atomic E-state index is 13.0. The van der Waals surface area contributed by atoms with Crippen molar-refractivity contribution in [1.29, 1.82) is 0 Å². The van der Waals surface area contributed by atoms with E-state index in [0.717, 1.165) is 11.3 Å². The third-order valence-electron chi connectivity index (χ3n) is 4.03. The van der Waals surface area contributed by atoms with E-state index >= 15 is 0 Å². The lowest BCUT2D eigenvalue weighted by atomic mass is 9.84. The summed E-state index contributed by atoms with van der Waals surface area (Å²) < 4.78 is 2.01. The minimum atomic E-state index is -0.217. The summed E-state index contributed by atoms with van der Waals surface area (Å²) in [5, 5.41) is 0.708. The van der Waals surface area contributed by atoms with Crippen molar-refractivity contribution in [3.05, 3.63) is 53.1 Å². The Hall–Kier alpha value is -1.81. The van der Waals surface area contributed by atoms with E-state index in [9.17, 15) is 4.79 Å². The maximum absolute atomic E-state index is 13.0. The molecule has 1 atom stereocenters. The van der Waals surface area contributed by atoms with Crippen LogP contribution in [-0.2, 0) is 17.9 Å². The molecule has 0 spiro atoms. The molecule has 1 aliphatic rings. The van der Waals surface area contributed by atoms with Gasteiger partial charge in [0.25, 0.3) is 0 Å². The first-order valence-electron chi connectivity index (χ1n) is 7.40. The number of amides is 1. The molecule has 0 bridgehead atoms. The highest BCUT2D eigenvalue weighted by atomic mass is 35.5. The van der Waals surface area contributed by atoms with E-state index < -0.39 is 0 Å². The van der Waals surface area contributed by atoms with Gasteiger partial charge in [-0.2, -0.15) is 0 Å². The molecule has 4 nitrogen and oxygen atoms in total. The molecule has 0 saturated heterocycles. The van der Waals surface area contributed by atoms with Crippen LogP contribution >= 0.6 is 11.6 Å². The van der Waals surface area contributed by atoms with Crippen molar-refractivity contribution in [1.82, 2.24) is 14.5 Å². The van der Waals surface area contributed by atoms with Crippen LogP contribution in [0.25, 0.3) is 0 Å². The van der Waals surface area contributed by atoms with E-state index in [1.54, 1.807) is 6.33 Å². The minimum absolute atomic E-state index is 0.146. The molecule has 116 valence electrons. The molecule has 1 aromatic heterocycles. The molecule has 0 aliphatic carbocycles. The van der Waals surface area contributed by atoms with Gasteiger partial charge in [-0.1, -0.05) is 44.5 Å². The topological polar surface area (TPSA) is 38.1 Å². The summed E-state index contributed by atoms with van der Waals surface area (Å²) in [5.74, 6) is 0.146. The van der Waals surface area contributed by atoms with Gasteiger partial charge in [-0.15, -0.1) is 0 Å². The van der Waals surface area contributed by atoms with Crippen LogP contribution < -0.4 is 0 Å². The monoisotopic (exact) mass is 317 g/mol. The number of aromatic nitrogens is 2. The number of benzene rings is 1. The van der Waals surface area contributed by atoms with Crippen LogP contribution in [0.1, 0.15) is 38.1 Å². The van der Waals surface area contributed by atoms with Crippen molar-refractivity contribution < 1.29 is 4.79 Å².